The van der Waals surface area contributed by atoms with Gasteiger partial charge in [-0.1, -0.05) is 25.0 Å². The molecule has 0 aromatic heterocycles. The molecule has 0 unspecified atom stereocenters. The third kappa shape index (κ3) is 2.86. The molecule has 1 aromatic carbocycles. The Kier molecular flexibility index (Phi) is 3.55. The van der Waals surface area contributed by atoms with Crippen molar-refractivity contribution in [2.75, 3.05) is 25.0 Å². The first kappa shape index (κ1) is 12.0. The SMILES string of the molecule is CN1CCCc2cc(CNCCC3CC3)ccc21. The summed E-state index contributed by atoms with van der Waals surface area (Å²) in [5.74, 6) is 1.04. The fourth-order valence-electron chi connectivity index (χ4n) is 2.89. The Hall–Kier alpha value is -1.02. The fourth-order valence-corrected chi connectivity index (χ4v) is 2.89. The maximum Gasteiger partial charge on any atom is 0.0396 e. The maximum atomic E-state index is 3.58. The fraction of sp³-hybridized carbons (Fsp3) is 0.625. The van der Waals surface area contributed by atoms with Crippen LogP contribution in [0.15, 0.2) is 18.2 Å². The minimum Gasteiger partial charge on any atom is -0.374 e. The Bertz CT molecular complexity index is 410. The first-order valence-corrected chi connectivity index (χ1v) is 7.36. The van der Waals surface area contributed by atoms with Crippen LogP contribution in [0.25, 0.3) is 0 Å². The van der Waals surface area contributed by atoms with E-state index in [9.17, 15) is 0 Å². The number of rotatable bonds is 5. The molecule has 2 nitrogen and oxygen atoms in total. The van der Waals surface area contributed by atoms with Crippen molar-refractivity contribution in [2.45, 2.75) is 38.6 Å². The summed E-state index contributed by atoms with van der Waals surface area (Å²) in [5, 5.41) is 3.58. The molecular formula is C16H24N2. The Balaban J connectivity index is 1.55. The number of benzene rings is 1. The lowest BCUT2D eigenvalue weighted by Gasteiger charge is -2.27. The molecule has 98 valence electrons. The lowest BCUT2D eigenvalue weighted by molar-refractivity contribution is 0.612. The zero-order valence-electron chi connectivity index (χ0n) is 11.4. The average Bonchev–Trinajstić information content (AvgIpc) is 3.19. The summed E-state index contributed by atoms with van der Waals surface area (Å²) >= 11 is 0. The van der Waals surface area contributed by atoms with Crippen LogP contribution in [0.2, 0.25) is 0 Å². The van der Waals surface area contributed by atoms with Gasteiger partial charge in [-0.3, -0.25) is 0 Å². The van der Waals surface area contributed by atoms with Gasteiger partial charge in [0.05, 0.1) is 0 Å². The van der Waals surface area contributed by atoms with E-state index in [0.717, 1.165) is 12.5 Å². The molecule has 1 heterocycles. The largest absolute Gasteiger partial charge is 0.374 e. The van der Waals surface area contributed by atoms with Crippen molar-refractivity contribution >= 4 is 5.69 Å². The van der Waals surface area contributed by atoms with E-state index >= 15 is 0 Å². The second kappa shape index (κ2) is 5.31. The molecule has 3 rings (SSSR count). The summed E-state index contributed by atoms with van der Waals surface area (Å²) in [4.78, 5) is 2.38. The van der Waals surface area contributed by atoms with Crippen LogP contribution in [-0.2, 0) is 13.0 Å². The van der Waals surface area contributed by atoms with Gasteiger partial charge in [-0.15, -0.1) is 0 Å². The molecule has 1 aliphatic heterocycles. The Morgan fingerprint density at radius 3 is 3.06 bits per heavy atom. The van der Waals surface area contributed by atoms with Gasteiger partial charge in [-0.2, -0.15) is 0 Å². The highest BCUT2D eigenvalue weighted by Crippen LogP contribution is 2.31. The normalized spacial score (nSPS) is 18.8. The first-order chi connectivity index (χ1) is 8.83. The van der Waals surface area contributed by atoms with Crippen molar-refractivity contribution in [1.29, 1.82) is 0 Å². The molecule has 2 heteroatoms. The molecule has 18 heavy (non-hydrogen) atoms. The Morgan fingerprint density at radius 1 is 1.33 bits per heavy atom. The molecule has 1 saturated carbocycles. The van der Waals surface area contributed by atoms with Crippen LogP contribution in [0.1, 0.15) is 36.8 Å². The first-order valence-electron chi connectivity index (χ1n) is 7.36. The highest BCUT2D eigenvalue weighted by Gasteiger charge is 2.20. The van der Waals surface area contributed by atoms with Crippen LogP contribution < -0.4 is 10.2 Å². The lowest BCUT2D eigenvalue weighted by atomic mass is 9.99. The molecule has 2 aliphatic rings. The van der Waals surface area contributed by atoms with Gasteiger partial charge >= 0.3 is 0 Å². The Labute approximate surface area is 110 Å². The number of fused-ring (bicyclic) bond motifs is 1. The molecule has 1 aliphatic carbocycles. The number of nitrogens with one attached hydrogen (secondary N) is 1. The van der Waals surface area contributed by atoms with Gasteiger partial charge in [-0.25, -0.2) is 0 Å². The lowest BCUT2D eigenvalue weighted by Crippen LogP contribution is -2.25. The Morgan fingerprint density at radius 2 is 2.22 bits per heavy atom. The average molecular weight is 244 g/mol. The monoisotopic (exact) mass is 244 g/mol. The third-order valence-electron chi connectivity index (χ3n) is 4.25. The van der Waals surface area contributed by atoms with Gasteiger partial charge in [0.25, 0.3) is 0 Å². The van der Waals surface area contributed by atoms with E-state index < -0.39 is 0 Å². The predicted octanol–water partition coefficient (Wildman–Crippen LogP) is 2.96. The van der Waals surface area contributed by atoms with E-state index in [1.165, 1.54) is 62.0 Å². The van der Waals surface area contributed by atoms with Gasteiger partial charge in [0.15, 0.2) is 0 Å². The van der Waals surface area contributed by atoms with Crippen molar-refractivity contribution in [3.8, 4) is 0 Å². The van der Waals surface area contributed by atoms with Gasteiger partial charge in [0.2, 0.25) is 0 Å². The number of anilines is 1. The summed E-state index contributed by atoms with van der Waals surface area (Å²) < 4.78 is 0. The standard InChI is InChI=1S/C16H24N2/c1-18-10-2-3-15-11-14(6-7-16(15)18)12-17-9-8-13-4-5-13/h6-7,11,13,17H,2-5,8-10,12H2,1H3. The summed E-state index contributed by atoms with van der Waals surface area (Å²) in [6.07, 6.45) is 6.84. The second-order valence-electron chi connectivity index (χ2n) is 5.90. The molecule has 1 fully saturated rings. The summed E-state index contributed by atoms with van der Waals surface area (Å²) in [6, 6.07) is 6.98. The molecule has 0 saturated heterocycles. The van der Waals surface area contributed by atoms with E-state index in [4.69, 9.17) is 0 Å². The van der Waals surface area contributed by atoms with Crippen molar-refractivity contribution in [3.63, 3.8) is 0 Å². The molecule has 1 N–H and O–H groups in total. The summed E-state index contributed by atoms with van der Waals surface area (Å²) in [6.45, 7) is 3.41. The minimum atomic E-state index is 1.03. The molecular weight excluding hydrogens is 220 g/mol. The minimum absolute atomic E-state index is 1.03. The van der Waals surface area contributed by atoms with Crippen LogP contribution in [0.5, 0.6) is 0 Å². The topological polar surface area (TPSA) is 15.3 Å². The predicted molar refractivity (Wildman–Crippen MR) is 77.1 cm³/mol. The van der Waals surface area contributed by atoms with E-state index in [-0.39, 0.29) is 0 Å². The highest BCUT2D eigenvalue weighted by atomic mass is 15.1. The number of nitrogens with zero attached hydrogens (tertiary/aromatic N) is 1. The second-order valence-corrected chi connectivity index (χ2v) is 5.90. The smallest absolute Gasteiger partial charge is 0.0396 e. The zero-order valence-corrected chi connectivity index (χ0v) is 11.4. The number of hydrogen-bond donors (Lipinski definition) is 1. The summed E-state index contributed by atoms with van der Waals surface area (Å²) in [7, 11) is 2.20. The van der Waals surface area contributed by atoms with Crippen LogP contribution in [-0.4, -0.2) is 20.1 Å². The molecule has 1 aromatic rings. The highest BCUT2D eigenvalue weighted by molar-refractivity contribution is 5.56. The number of hydrogen-bond acceptors (Lipinski definition) is 2. The van der Waals surface area contributed by atoms with Crippen LogP contribution in [0.3, 0.4) is 0 Å². The van der Waals surface area contributed by atoms with Crippen LogP contribution in [0, 0.1) is 5.92 Å². The van der Waals surface area contributed by atoms with Crippen molar-refractivity contribution < 1.29 is 0 Å². The molecule has 0 amide bonds. The van der Waals surface area contributed by atoms with Gasteiger partial charge in [-0.05, 0) is 48.9 Å². The maximum absolute atomic E-state index is 3.58. The third-order valence-corrected chi connectivity index (χ3v) is 4.25. The van der Waals surface area contributed by atoms with Gasteiger partial charge < -0.3 is 10.2 Å². The van der Waals surface area contributed by atoms with E-state index in [1.807, 2.05) is 0 Å². The van der Waals surface area contributed by atoms with Crippen LogP contribution in [0.4, 0.5) is 5.69 Å². The molecule has 0 bridgehead atoms. The van der Waals surface area contributed by atoms with Crippen molar-refractivity contribution in [2.24, 2.45) is 5.92 Å². The van der Waals surface area contributed by atoms with E-state index in [1.54, 1.807) is 0 Å². The van der Waals surface area contributed by atoms with Crippen molar-refractivity contribution in [1.82, 2.24) is 5.32 Å². The quantitative estimate of drug-likeness (QED) is 0.801. The molecule has 0 radical (unpaired) electrons. The van der Waals surface area contributed by atoms with Crippen LogP contribution >= 0.6 is 0 Å². The van der Waals surface area contributed by atoms with E-state index in [2.05, 4.69) is 35.5 Å². The van der Waals surface area contributed by atoms with Gasteiger partial charge in [0, 0.05) is 25.8 Å². The molecule has 0 spiro atoms. The van der Waals surface area contributed by atoms with Gasteiger partial charge in [0.1, 0.15) is 0 Å². The summed E-state index contributed by atoms with van der Waals surface area (Å²) in [5.41, 5.74) is 4.41. The van der Waals surface area contributed by atoms with Crippen molar-refractivity contribution in [3.05, 3.63) is 29.3 Å². The molecule has 0 atom stereocenters. The zero-order chi connectivity index (χ0) is 12.4. The number of aryl methyl sites for hydroxylation is 1. The van der Waals surface area contributed by atoms with E-state index in [0.29, 0.717) is 0 Å².